The Balaban J connectivity index is 0.000000196. The van der Waals surface area contributed by atoms with Crippen LogP contribution in [0.2, 0.25) is 17.3 Å². The molecule has 0 amide bonds. The number of rotatable bonds is 10. The molecule has 6 heteroatoms. The van der Waals surface area contributed by atoms with Gasteiger partial charge in [-0.2, -0.15) is 11.3 Å². The molecule has 1 radical (unpaired) electrons. The van der Waals surface area contributed by atoms with Crippen molar-refractivity contribution in [2.24, 2.45) is 5.92 Å². The molecule has 339 valence electrons. The molecule has 3 nitrogen and oxygen atoms in total. The quantitative estimate of drug-likeness (QED) is 0.101. The van der Waals surface area contributed by atoms with E-state index in [4.69, 9.17) is 9.97 Å². The van der Waals surface area contributed by atoms with Crippen molar-refractivity contribution >= 4 is 60.2 Å². The fourth-order valence-electron chi connectivity index (χ4n) is 9.25. The van der Waals surface area contributed by atoms with Crippen molar-refractivity contribution in [3.05, 3.63) is 193 Å². The summed E-state index contributed by atoms with van der Waals surface area (Å²) in [7, 11) is 0. The first-order valence-electron chi connectivity index (χ1n) is 23.5. The first kappa shape index (κ1) is 48.0. The van der Waals surface area contributed by atoms with Gasteiger partial charge in [-0.25, -0.2) is 0 Å². The molecule has 0 N–H and O–H groups in total. The van der Waals surface area contributed by atoms with E-state index in [2.05, 4.69) is 233 Å². The molecule has 3 aromatic heterocycles. The Morgan fingerprint density at radius 1 is 0.612 bits per heavy atom. The summed E-state index contributed by atoms with van der Waals surface area (Å²) in [6.45, 7) is 13.8. The summed E-state index contributed by atoms with van der Waals surface area (Å²) < 4.78 is 6.48. The summed E-state index contributed by atoms with van der Waals surface area (Å²) in [5, 5.41) is 2.55. The van der Waals surface area contributed by atoms with Crippen LogP contribution in [-0.2, 0) is 26.5 Å². The standard InChI is InChI=1S/C37H31N2S.C24H28GeN.Ir/c1-23(2)30-21-26(25-13-6-5-7-14-25)22-31(24(3)4)35(30)39-33-19-10-9-18-32(33)38-37(39)29-17-12-16-28-27-15-8-11-20-34(27)40-36(28)29;1-18(2)14-22-16-24(26-17-23(22)25(3,4)5)21-13-9-12-20(15-21)19-10-7-6-8-11-19;/h5-16,18-24H,1-4H3;6-12,15-18H,14H2,1-5H3;/q2*-1;. The van der Waals surface area contributed by atoms with E-state index in [0.717, 1.165) is 40.1 Å². The average molecular weight is 1130 g/mol. The second-order valence-corrected chi connectivity index (χ2v) is 31.2. The summed E-state index contributed by atoms with van der Waals surface area (Å²) in [5.41, 5.74) is 15.6. The number of aromatic nitrogens is 3. The molecular weight excluding hydrogens is 1070 g/mol. The number of pyridine rings is 1. The third-order valence-corrected chi connectivity index (χ3v) is 18.0. The smallest absolute Gasteiger partial charge is 0.0774 e. The van der Waals surface area contributed by atoms with Crippen LogP contribution >= 0.6 is 11.3 Å². The summed E-state index contributed by atoms with van der Waals surface area (Å²) in [5.74, 6) is 9.60. The molecule has 10 aromatic rings. The maximum absolute atomic E-state index is 5.30. The van der Waals surface area contributed by atoms with E-state index in [1.165, 1.54) is 69.2 Å². The maximum atomic E-state index is 5.30. The average Bonchev–Trinajstić information content (AvgIpc) is 3.90. The van der Waals surface area contributed by atoms with Gasteiger partial charge in [0.25, 0.3) is 0 Å². The third-order valence-electron chi connectivity index (χ3n) is 12.5. The number of hydrogen-bond acceptors (Lipinski definition) is 3. The van der Waals surface area contributed by atoms with Crippen molar-refractivity contribution < 1.29 is 20.1 Å². The molecule has 0 bridgehead atoms. The number of nitrogens with zero attached hydrogens (tertiary/aromatic N) is 3. The van der Waals surface area contributed by atoms with Gasteiger partial charge >= 0.3 is 161 Å². The van der Waals surface area contributed by atoms with Crippen LogP contribution in [-0.4, -0.2) is 27.8 Å². The van der Waals surface area contributed by atoms with Gasteiger partial charge in [0.05, 0.1) is 16.9 Å². The van der Waals surface area contributed by atoms with Crippen LogP contribution in [0.25, 0.3) is 81.8 Å². The second kappa shape index (κ2) is 20.4. The largest absolute Gasteiger partial charge is 0.333 e. The van der Waals surface area contributed by atoms with E-state index < -0.39 is 13.3 Å². The summed E-state index contributed by atoms with van der Waals surface area (Å²) in [6.07, 6.45) is 3.27. The first-order valence-corrected chi connectivity index (χ1v) is 31.6. The van der Waals surface area contributed by atoms with E-state index in [0.29, 0.717) is 17.8 Å². The third kappa shape index (κ3) is 10.1. The van der Waals surface area contributed by atoms with E-state index in [1.54, 1.807) is 0 Å². The Kier molecular flexibility index (Phi) is 14.7. The van der Waals surface area contributed by atoms with Gasteiger partial charge in [0.1, 0.15) is 0 Å². The molecule has 7 aromatic carbocycles. The van der Waals surface area contributed by atoms with Crippen LogP contribution in [0.15, 0.2) is 164 Å². The van der Waals surface area contributed by atoms with Crippen molar-refractivity contribution in [1.29, 1.82) is 0 Å². The van der Waals surface area contributed by atoms with Gasteiger partial charge < -0.3 is 4.57 Å². The van der Waals surface area contributed by atoms with Gasteiger partial charge in [-0.05, 0) is 74.5 Å². The number of imidazole rings is 1. The predicted octanol–water partition coefficient (Wildman–Crippen LogP) is 16.7. The van der Waals surface area contributed by atoms with E-state index in [1.807, 2.05) is 17.4 Å². The zero-order valence-corrected chi connectivity index (χ0v) is 45.4. The van der Waals surface area contributed by atoms with Gasteiger partial charge in [-0.3, -0.25) is 4.98 Å². The maximum Gasteiger partial charge on any atom is 0.0774 e. The second-order valence-electron chi connectivity index (χ2n) is 19.6. The Bertz CT molecular complexity index is 3280. The van der Waals surface area contributed by atoms with Crippen LogP contribution in [0.4, 0.5) is 0 Å². The molecule has 0 atom stereocenters. The van der Waals surface area contributed by atoms with Gasteiger partial charge in [-0.1, -0.05) is 99.3 Å². The van der Waals surface area contributed by atoms with Gasteiger partial charge in [-0.15, -0.1) is 18.2 Å². The normalized spacial score (nSPS) is 11.7. The molecule has 0 aliphatic heterocycles. The van der Waals surface area contributed by atoms with Crippen LogP contribution in [0.5, 0.6) is 0 Å². The Morgan fingerprint density at radius 3 is 1.88 bits per heavy atom. The van der Waals surface area contributed by atoms with Crippen molar-refractivity contribution in [2.45, 2.75) is 77.1 Å². The number of benzene rings is 7. The molecule has 0 spiro atoms. The zero-order valence-electron chi connectivity index (χ0n) is 40.1. The molecule has 10 rings (SSSR count). The molecule has 0 fully saturated rings. The molecule has 67 heavy (non-hydrogen) atoms. The van der Waals surface area contributed by atoms with Crippen LogP contribution in [0.1, 0.15) is 70.1 Å². The summed E-state index contributed by atoms with van der Waals surface area (Å²) >= 11 is -0.0994. The molecule has 0 aliphatic carbocycles. The van der Waals surface area contributed by atoms with E-state index in [9.17, 15) is 0 Å². The SMILES string of the molecule is CC(C)Cc1cc(-c2[c-]ccc(-c3ccccc3)c2)nc[c]1[Ge]([CH3])([CH3])[CH3].CC(C)c1cc(-c2ccccc2)cc(C(C)C)c1-n1c(-c2[c-]ccc3c2sc2ccccc23)nc2ccccc21.[Ir]. The van der Waals surface area contributed by atoms with Gasteiger partial charge in [0.2, 0.25) is 0 Å². The minimum absolute atomic E-state index is 0. The fraction of sp³-hybridized carbons (Fsp3) is 0.213. The topological polar surface area (TPSA) is 30.7 Å². The molecule has 0 aliphatic rings. The van der Waals surface area contributed by atoms with Crippen molar-refractivity contribution in [2.75, 3.05) is 0 Å². The Morgan fingerprint density at radius 2 is 1.22 bits per heavy atom. The van der Waals surface area contributed by atoms with E-state index >= 15 is 0 Å². The monoisotopic (exact) mass is 1130 g/mol. The minimum atomic E-state index is -1.93. The summed E-state index contributed by atoms with van der Waals surface area (Å²) in [6, 6.07) is 63.1. The number of para-hydroxylation sites is 2. The first-order chi connectivity index (χ1) is 31.9. The molecule has 0 saturated heterocycles. The number of fused-ring (bicyclic) bond motifs is 4. The number of thiophene rings is 1. The zero-order chi connectivity index (χ0) is 46.1. The van der Waals surface area contributed by atoms with Crippen molar-refractivity contribution in [3.63, 3.8) is 0 Å². The van der Waals surface area contributed by atoms with Gasteiger partial charge in [0, 0.05) is 30.5 Å². The minimum Gasteiger partial charge on any atom is -0.333 e. The summed E-state index contributed by atoms with van der Waals surface area (Å²) in [4.78, 5) is 10.1. The van der Waals surface area contributed by atoms with Crippen molar-refractivity contribution in [1.82, 2.24) is 14.5 Å². The molecule has 0 saturated carbocycles. The van der Waals surface area contributed by atoms with Gasteiger partial charge in [0.15, 0.2) is 0 Å². The fourth-order valence-corrected chi connectivity index (χ4v) is 13.8. The Hall–Kier alpha value is -5.43. The molecule has 3 heterocycles. The molecular formula is C61H59GeIrN3S-2. The van der Waals surface area contributed by atoms with Crippen molar-refractivity contribution in [3.8, 4) is 50.6 Å². The number of hydrogen-bond donors (Lipinski definition) is 0. The molecule has 0 unspecified atom stereocenters. The Labute approximate surface area is 418 Å². The predicted molar refractivity (Wildman–Crippen MR) is 287 cm³/mol. The van der Waals surface area contributed by atoms with Crippen LogP contribution < -0.4 is 4.40 Å². The van der Waals surface area contributed by atoms with Crippen LogP contribution in [0.3, 0.4) is 0 Å². The van der Waals surface area contributed by atoms with E-state index in [-0.39, 0.29) is 20.1 Å². The van der Waals surface area contributed by atoms with Crippen LogP contribution in [0, 0.1) is 18.1 Å².